The number of amides is 2. The summed E-state index contributed by atoms with van der Waals surface area (Å²) in [5.41, 5.74) is -1.12. The summed E-state index contributed by atoms with van der Waals surface area (Å²) in [4.78, 5) is 24.8. The fourth-order valence-corrected chi connectivity index (χ4v) is 2.36. The summed E-state index contributed by atoms with van der Waals surface area (Å²) >= 11 is 0. The number of carbonyl (C=O) groups excluding carboxylic acids is 2. The van der Waals surface area contributed by atoms with Gasteiger partial charge in [-0.1, -0.05) is 18.2 Å². The van der Waals surface area contributed by atoms with Crippen LogP contribution in [-0.4, -0.2) is 25.5 Å². The normalized spacial score (nSPS) is 11.0. The van der Waals surface area contributed by atoms with Crippen molar-refractivity contribution < 1.29 is 23.1 Å². The van der Waals surface area contributed by atoms with E-state index in [4.69, 9.17) is 4.74 Å². The van der Waals surface area contributed by atoms with Gasteiger partial charge in [-0.2, -0.15) is 0 Å². The van der Waals surface area contributed by atoms with Crippen LogP contribution in [0.1, 0.15) is 19.4 Å². The summed E-state index contributed by atoms with van der Waals surface area (Å²) in [5, 5.41) is 4.83. The Morgan fingerprint density at radius 1 is 1.04 bits per heavy atom. The number of methoxy groups -OCH3 is 1. The number of halogens is 2. The fourth-order valence-electron chi connectivity index (χ4n) is 2.36. The minimum Gasteiger partial charge on any atom is -0.497 e. The van der Waals surface area contributed by atoms with E-state index in [0.717, 1.165) is 17.7 Å². The highest BCUT2D eigenvalue weighted by atomic mass is 19.1. The zero-order chi connectivity index (χ0) is 20.0. The Balaban J connectivity index is 1.96. The van der Waals surface area contributed by atoms with Crippen molar-refractivity contribution in [3.8, 4) is 5.75 Å². The smallest absolute Gasteiger partial charge is 0.239 e. The van der Waals surface area contributed by atoms with E-state index in [0.29, 0.717) is 18.7 Å². The highest BCUT2D eigenvalue weighted by Crippen LogP contribution is 2.23. The minimum absolute atomic E-state index is 0.302. The predicted octanol–water partition coefficient (Wildman–Crippen LogP) is 3.30. The number of hydrogen-bond donors (Lipinski definition) is 2. The number of para-hydroxylation sites is 1. The maximum absolute atomic E-state index is 13.7. The monoisotopic (exact) mass is 376 g/mol. The second-order valence-corrected chi connectivity index (χ2v) is 6.53. The molecule has 2 aromatic rings. The summed E-state index contributed by atoms with van der Waals surface area (Å²) in [6.45, 7) is 3.08. The van der Waals surface area contributed by atoms with Crippen LogP contribution in [0.15, 0.2) is 42.5 Å². The SMILES string of the molecule is COc1cccc(CCNC(=O)C(C)(C)C(=O)Nc2c(F)cccc2F)c1. The van der Waals surface area contributed by atoms with E-state index in [1.807, 2.05) is 24.3 Å². The van der Waals surface area contributed by atoms with E-state index in [1.165, 1.54) is 19.9 Å². The van der Waals surface area contributed by atoms with Gasteiger partial charge in [-0.15, -0.1) is 0 Å². The van der Waals surface area contributed by atoms with E-state index in [2.05, 4.69) is 10.6 Å². The van der Waals surface area contributed by atoms with Gasteiger partial charge in [0.25, 0.3) is 0 Å². The molecule has 2 rings (SSSR count). The van der Waals surface area contributed by atoms with Crippen LogP contribution in [-0.2, 0) is 16.0 Å². The van der Waals surface area contributed by atoms with Crippen LogP contribution in [0.5, 0.6) is 5.75 Å². The number of ether oxygens (including phenoxy) is 1. The number of nitrogens with one attached hydrogen (secondary N) is 2. The number of hydrogen-bond acceptors (Lipinski definition) is 3. The lowest BCUT2D eigenvalue weighted by molar-refractivity contribution is -0.138. The van der Waals surface area contributed by atoms with Crippen LogP contribution in [0.3, 0.4) is 0 Å². The van der Waals surface area contributed by atoms with Crippen molar-refractivity contribution in [1.82, 2.24) is 5.32 Å². The largest absolute Gasteiger partial charge is 0.497 e. The predicted molar refractivity (Wildman–Crippen MR) is 98.5 cm³/mol. The van der Waals surface area contributed by atoms with Crippen molar-refractivity contribution in [2.45, 2.75) is 20.3 Å². The van der Waals surface area contributed by atoms with Gasteiger partial charge < -0.3 is 15.4 Å². The van der Waals surface area contributed by atoms with Gasteiger partial charge >= 0.3 is 0 Å². The third kappa shape index (κ3) is 5.03. The maximum atomic E-state index is 13.7. The average Bonchev–Trinajstić information content (AvgIpc) is 2.64. The van der Waals surface area contributed by atoms with Crippen molar-refractivity contribution in [3.63, 3.8) is 0 Å². The Morgan fingerprint density at radius 3 is 2.30 bits per heavy atom. The van der Waals surface area contributed by atoms with Crippen LogP contribution in [0.2, 0.25) is 0 Å². The van der Waals surface area contributed by atoms with E-state index >= 15 is 0 Å². The third-order valence-electron chi connectivity index (χ3n) is 4.17. The van der Waals surface area contributed by atoms with Gasteiger partial charge in [-0.25, -0.2) is 8.78 Å². The van der Waals surface area contributed by atoms with E-state index in [1.54, 1.807) is 7.11 Å². The molecule has 0 atom stereocenters. The summed E-state index contributed by atoms with van der Waals surface area (Å²) in [5.74, 6) is -2.44. The lowest BCUT2D eigenvalue weighted by Gasteiger charge is -2.23. The molecule has 0 radical (unpaired) electrons. The van der Waals surface area contributed by atoms with Crippen molar-refractivity contribution in [2.75, 3.05) is 19.0 Å². The number of benzene rings is 2. The standard InChI is InChI=1S/C20H22F2N2O3/c1-20(2,19(26)24-17-15(21)8-5-9-16(17)22)18(25)23-11-10-13-6-4-7-14(12-13)27-3/h4-9,12H,10-11H2,1-3H3,(H,23,25)(H,24,26). The van der Waals surface area contributed by atoms with Gasteiger partial charge in [0.1, 0.15) is 28.5 Å². The summed E-state index contributed by atoms with van der Waals surface area (Å²) < 4.78 is 32.5. The molecule has 7 heteroatoms. The zero-order valence-corrected chi connectivity index (χ0v) is 15.4. The molecule has 2 N–H and O–H groups in total. The van der Waals surface area contributed by atoms with Gasteiger partial charge in [0.2, 0.25) is 11.8 Å². The second-order valence-electron chi connectivity index (χ2n) is 6.53. The highest BCUT2D eigenvalue weighted by molar-refractivity contribution is 6.09. The van der Waals surface area contributed by atoms with Gasteiger partial charge in [0, 0.05) is 6.54 Å². The molecule has 2 aromatic carbocycles. The van der Waals surface area contributed by atoms with Crippen LogP contribution in [0.25, 0.3) is 0 Å². The molecule has 144 valence electrons. The Morgan fingerprint density at radius 2 is 1.67 bits per heavy atom. The number of rotatable bonds is 7. The van der Waals surface area contributed by atoms with E-state index in [-0.39, 0.29) is 0 Å². The van der Waals surface area contributed by atoms with E-state index < -0.39 is 34.6 Å². The lowest BCUT2D eigenvalue weighted by Crippen LogP contribution is -2.45. The van der Waals surface area contributed by atoms with Crippen LogP contribution in [0, 0.1) is 17.0 Å². The van der Waals surface area contributed by atoms with Gasteiger partial charge in [0.05, 0.1) is 7.11 Å². The molecule has 2 amide bonds. The molecule has 0 unspecified atom stereocenters. The molecular weight excluding hydrogens is 354 g/mol. The Labute approximate surface area is 156 Å². The molecule has 0 aliphatic heterocycles. The average molecular weight is 376 g/mol. The lowest BCUT2D eigenvalue weighted by atomic mass is 9.90. The molecule has 0 heterocycles. The maximum Gasteiger partial charge on any atom is 0.239 e. The molecule has 0 saturated carbocycles. The molecule has 0 aliphatic carbocycles. The molecule has 0 fully saturated rings. The van der Waals surface area contributed by atoms with Gasteiger partial charge in [-0.05, 0) is 50.1 Å². The number of carbonyl (C=O) groups is 2. The molecule has 0 bridgehead atoms. The molecule has 0 aliphatic rings. The first kappa shape index (κ1) is 20.4. The molecule has 5 nitrogen and oxygen atoms in total. The quantitative estimate of drug-likeness (QED) is 0.729. The number of anilines is 1. The summed E-state index contributed by atoms with van der Waals surface area (Å²) in [7, 11) is 1.57. The van der Waals surface area contributed by atoms with Crippen LogP contribution in [0.4, 0.5) is 14.5 Å². The first-order valence-corrected chi connectivity index (χ1v) is 8.42. The Bertz CT molecular complexity index is 817. The first-order valence-electron chi connectivity index (χ1n) is 8.42. The molecule has 0 spiro atoms. The molecule has 27 heavy (non-hydrogen) atoms. The summed E-state index contributed by atoms with van der Waals surface area (Å²) in [6.07, 6.45) is 0.544. The van der Waals surface area contributed by atoms with Crippen molar-refractivity contribution in [1.29, 1.82) is 0 Å². The van der Waals surface area contributed by atoms with Crippen molar-refractivity contribution >= 4 is 17.5 Å². The fraction of sp³-hybridized carbons (Fsp3) is 0.300. The Hall–Kier alpha value is -2.96. The van der Waals surface area contributed by atoms with E-state index in [9.17, 15) is 18.4 Å². The zero-order valence-electron chi connectivity index (χ0n) is 15.4. The molecule has 0 aromatic heterocycles. The Kier molecular flexibility index (Phi) is 6.50. The third-order valence-corrected chi connectivity index (χ3v) is 4.17. The van der Waals surface area contributed by atoms with Crippen molar-refractivity contribution in [2.24, 2.45) is 5.41 Å². The van der Waals surface area contributed by atoms with Crippen LogP contribution >= 0.6 is 0 Å². The van der Waals surface area contributed by atoms with Gasteiger partial charge in [0.15, 0.2) is 0 Å². The molecular formula is C20H22F2N2O3. The first-order chi connectivity index (χ1) is 12.8. The highest BCUT2D eigenvalue weighted by Gasteiger charge is 2.36. The topological polar surface area (TPSA) is 67.4 Å². The minimum atomic E-state index is -1.51. The van der Waals surface area contributed by atoms with Gasteiger partial charge in [-0.3, -0.25) is 9.59 Å². The van der Waals surface area contributed by atoms with Crippen molar-refractivity contribution in [3.05, 3.63) is 59.7 Å². The van der Waals surface area contributed by atoms with Crippen LogP contribution < -0.4 is 15.4 Å². The molecule has 0 saturated heterocycles. The summed E-state index contributed by atoms with van der Waals surface area (Å²) in [6, 6.07) is 10.7. The second kappa shape index (κ2) is 8.62.